The Labute approximate surface area is 845 Å². The van der Waals surface area contributed by atoms with Crippen molar-refractivity contribution in [1.29, 1.82) is 0 Å². The minimum Gasteiger partial charge on any atom is -0.510 e. The first kappa shape index (κ1) is 92.7. The third-order valence-corrected chi connectivity index (χ3v) is 26.5. The molecule has 0 atom stereocenters. The third-order valence-electron chi connectivity index (χ3n) is 26.5. The Morgan fingerprint density at radius 3 is 0.986 bits per heavy atom. The Morgan fingerprint density at radius 1 is 0.268 bits per heavy atom. The number of hydrogen-bond donors (Lipinski definition) is 0. The summed E-state index contributed by atoms with van der Waals surface area (Å²) in [5.74, 6) is 0. The molecule has 0 spiro atoms. The van der Waals surface area contributed by atoms with E-state index in [1.807, 2.05) is 110 Å². The molecule has 0 saturated carbocycles. The van der Waals surface area contributed by atoms with Crippen LogP contribution in [0.1, 0.15) is 91.6 Å². The largest absolute Gasteiger partial charge is 3.00 e. The Balaban J connectivity index is 0.000000106. The monoisotopic (exact) mass is 2330 g/mol. The van der Waals surface area contributed by atoms with Crippen molar-refractivity contribution in [3.05, 3.63) is 436 Å². The van der Waals surface area contributed by atoms with Crippen LogP contribution in [0.5, 0.6) is 0 Å². The average molecular weight is 2320 g/mol. The summed E-state index contributed by atoms with van der Waals surface area (Å²) in [7, 11) is 6.16. The summed E-state index contributed by atoms with van der Waals surface area (Å²) in [6, 6.07) is 111. The van der Waals surface area contributed by atoms with Crippen LogP contribution < -0.4 is 14.7 Å². The number of para-hydroxylation sites is 3. The fraction of sp³-hybridized carbons (Fsp3) is 0.125. The van der Waals surface area contributed by atoms with E-state index in [1.54, 1.807) is 0 Å². The maximum atomic E-state index is 5.09. The number of pyridine rings is 6. The molecular formula is C120H96Ir3N15. The van der Waals surface area contributed by atoms with Crippen molar-refractivity contribution in [2.45, 2.75) is 80.1 Å². The van der Waals surface area contributed by atoms with E-state index in [9.17, 15) is 0 Å². The summed E-state index contributed by atoms with van der Waals surface area (Å²) in [6.45, 7) is 19.5. The van der Waals surface area contributed by atoms with Crippen molar-refractivity contribution >= 4 is 116 Å². The second-order valence-corrected chi connectivity index (χ2v) is 34.4. The van der Waals surface area contributed by atoms with Crippen LogP contribution in [0.15, 0.2) is 329 Å². The Hall–Kier alpha value is -14.3. The molecular weight excluding hydrogens is 2230 g/mol. The standard InChI is InChI=1S/3C24H20N3.3C16H12N2.3Ir/c1-3-16-9-7-10-17(4-2)22(16)21-15-27-23-19(13-8-14-25-23)18-11-5-6-12-20(18)24(27)26-21;1-3-16-8-7-9-17(4-2)23(16)21-15-27-22-14-25-13-12-19(22)18-10-5-6-11-20(18)24(27)26-21;1-3-16-8-7-9-17(4-2)23(16)21-15-27-22-12-13-25-14-20(22)18-10-5-6-11-19(18)24(27)26-21;3*1-17-10-16-14-8-3-2-6-12(14)13-7-4-5-9-15(13)18(16)11-17;;;/h5-11,13-15H,3-4H2,1-2H3;2*5-10,12-15H,3-4H2,1-2H3;3*2-8,10-11H,1H3;;;/q3*-1;3*-2;3*+3. The topological polar surface area (TPSA) is 110 Å². The Morgan fingerprint density at radius 2 is 0.587 bits per heavy atom. The van der Waals surface area contributed by atoms with E-state index < -0.39 is 0 Å². The van der Waals surface area contributed by atoms with Crippen LogP contribution in [0.4, 0.5) is 17.1 Å². The van der Waals surface area contributed by atoms with Crippen LogP contribution in [-0.2, 0) is 98.8 Å². The molecule has 678 valence electrons. The second-order valence-electron chi connectivity index (χ2n) is 34.4. The van der Waals surface area contributed by atoms with Gasteiger partial charge in [0.25, 0.3) is 0 Å². The fourth-order valence-corrected chi connectivity index (χ4v) is 20.3. The van der Waals surface area contributed by atoms with Gasteiger partial charge in [0.1, 0.15) is 5.65 Å². The molecule has 138 heavy (non-hydrogen) atoms. The predicted molar refractivity (Wildman–Crippen MR) is 553 cm³/mol. The van der Waals surface area contributed by atoms with Crippen molar-refractivity contribution in [2.75, 3.05) is 35.8 Å². The van der Waals surface area contributed by atoms with Crippen LogP contribution in [0, 0.1) is 56.4 Å². The molecule has 21 aromatic rings. The summed E-state index contributed by atoms with van der Waals surface area (Å²) < 4.78 is 6.48. The Kier molecular flexibility index (Phi) is 26.7. The van der Waals surface area contributed by atoms with Gasteiger partial charge in [-0.25, -0.2) is 4.98 Å². The number of aryl methyl sites for hydroxylation is 6. The number of hydrogen-bond acceptors (Lipinski definition) is 12. The van der Waals surface area contributed by atoms with Gasteiger partial charge in [-0.2, -0.15) is 92.8 Å². The van der Waals surface area contributed by atoms with Gasteiger partial charge >= 0.3 is 60.3 Å². The zero-order valence-corrected chi connectivity index (χ0v) is 85.0. The van der Waals surface area contributed by atoms with Gasteiger partial charge in [-0.15, -0.1) is 106 Å². The zero-order valence-electron chi connectivity index (χ0n) is 77.9. The van der Waals surface area contributed by atoms with Crippen LogP contribution in [0.3, 0.4) is 0 Å². The summed E-state index contributed by atoms with van der Waals surface area (Å²) in [5.41, 5.74) is 39.4. The molecule has 0 saturated heterocycles. The fourth-order valence-electron chi connectivity index (χ4n) is 20.3. The molecule has 0 unspecified atom stereocenters. The number of anilines is 3. The predicted octanol–water partition coefficient (Wildman–Crippen LogP) is 26.9. The molecule has 15 nitrogen and oxygen atoms in total. The van der Waals surface area contributed by atoms with Gasteiger partial charge in [0, 0.05) is 88.9 Å². The van der Waals surface area contributed by atoms with Gasteiger partial charge in [0.2, 0.25) is 0 Å². The van der Waals surface area contributed by atoms with E-state index in [0.29, 0.717) is 0 Å². The second kappa shape index (κ2) is 39.8. The van der Waals surface area contributed by atoms with Crippen molar-refractivity contribution in [3.63, 3.8) is 0 Å². The molecule has 0 bridgehead atoms. The van der Waals surface area contributed by atoms with E-state index in [2.05, 4.69) is 396 Å². The van der Waals surface area contributed by atoms with Crippen molar-refractivity contribution in [3.8, 4) is 67.2 Å². The van der Waals surface area contributed by atoms with Gasteiger partial charge in [-0.05, 0) is 163 Å². The summed E-state index contributed by atoms with van der Waals surface area (Å²) >= 11 is 0. The van der Waals surface area contributed by atoms with Crippen LogP contribution >= 0.6 is 0 Å². The molecule has 6 aliphatic rings. The molecule has 6 aliphatic heterocycles. The molecule has 18 heteroatoms. The number of fused-ring (bicyclic) bond motifs is 36. The van der Waals surface area contributed by atoms with Crippen LogP contribution in [0.2, 0.25) is 0 Å². The average Bonchev–Trinajstić information content (AvgIpc) is 1.58. The van der Waals surface area contributed by atoms with Crippen molar-refractivity contribution in [2.24, 2.45) is 0 Å². The SMILES string of the molecule is CCc1cccc(CC)c1-c1cn2c(n1)c1[c-]cccc1c1cccnc12.CCc1cccc(CC)c1-c1cn2c3ccncc3c3ccc[c-]c3c2n1.CCc1cccc(CC)c1-c1cn2c3cnccc3c3ccc[c-]c3c2n1.CN1C=C2c3ccccc3-c3ccc[c-]c3N2[CH-]1.CN1C=C2c3ccccc3-c3ccc[c-]c3N2[CH-]1.CN1C=C2c3ccccc3-c3ccc[c-]c3N2[CH-]1.[Ir+3].[Ir+3].[Ir+3]. The first-order valence-electron chi connectivity index (χ1n) is 46.5. The number of nitrogens with zero attached hydrogens (tertiary/aromatic N) is 15. The number of imidazole rings is 3. The summed E-state index contributed by atoms with van der Waals surface area (Å²) in [6.07, 6.45) is 28.3. The Bertz CT molecular complexity index is 7280. The zero-order chi connectivity index (χ0) is 91.5. The molecule has 0 radical (unpaired) electrons. The first-order valence-corrected chi connectivity index (χ1v) is 46.5. The maximum absolute atomic E-state index is 5.09. The molecule has 12 aromatic carbocycles. The minimum atomic E-state index is 0. The number of aromatic nitrogens is 9. The van der Waals surface area contributed by atoms with Crippen LogP contribution in [-0.4, -0.2) is 78.9 Å². The minimum absolute atomic E-state index is 0. The normalized spacial score (nSPS) is 13.1. The molecule has 15 heterocycles. The number of rotatable bonds is 9. The third kappa shape index (κ3) is 16.5. The number of benzene rings is 12. The van der Waals surface area contributed by atoms with E-state index in [0.717, 1.165) is 144 Å². The van der Waals surface area contributed by atoms with E-state index in [4.69, 9.17) is 15.0 Å². The quantitative estimate of drug-likeness (QED) is 0.101. The van der Waals surface area contributed by atoms with Gasteiger partial charge in [-0.1, -0.05) is 225 Å². The van der Waals surface area contributed by atoms with E-state index in [-0.39, 0.29) is 60.3 Å². The molecule has 0 fully saturated rings. The maximum Gasteiger partial charge on any atom is 3.00 e. The summed E-state index contributed by atoms with van der Waals surface area (Å²) in [5, 5.41) is 10.0. The van der Waals surface area contributed by atoms with Gasteiger partial charge < -0.3 is 42.6 Å². The van der Waals surface area contributed by atoms with E-state index in [1.165, 1.54) is 128 Å². The van der Waals surface area contributed by atoms with Gasteiger partial charge in [-0.3, -0.25) is 24.9 Å². The van der Waals surface area contributed by atoms with E-state index >= 15 is 0 Å². The van der Waals surface area contributed by atoms with Gasteiger partial charge in [0.05, 0.1) is 39.5 Å². The smallest absolute Gasteiger partial charge is 0.510 e. The van der Waals surface area contributed by atoms with Gasteiger partial charge in [0.15, 0.2) is 0 Å². The molecule has 9 aromatic heterocycles. The van der Waals surface area contributed by atoms with Crippen molar-refractivity contribution < 1.29 is 60.3 Å². The van der Waals surface area contributed by atoms with Crippen molar-refractivity contribution in [1.82, 2.24) is 57.8 Å². The first-order chi connectivity index (χ1) is 66.5. The molecule has 0 N–H and O–H groups in total. The van der Waals surface area contributed by atoms with Crippen LogP contribution in [0.25, 0.3) is 166 Å². The molecule has 0 amide bonds. The molecule has 0 aliphatic carbocycles. The molecule has 27 rings (SSSR count). The summed E-state index contributed by atoms with van der Waals surface area (Å²) in [4.78, 5) is 41.5.